The van der Waals surface area contributed by atoms with Gasteiger partial charge < -0.3 is 9.64 Å². The number of pyridine rings is 1. The first-order valence-electron chi connectivity index (χ1n) is 5.22. The molecule has 0 aliphatic heterocycles. The van der Waals surface area contributed by atoms with Crippen molar-refractivity contribution in [1.29, 1.82) is 0 Å². The van der Waals surface area contributed by atoms with Crippen LogP contribution >= 0.6 is 15.9 Å². The van der Waals surface area contributed by atoms with Crippen LogP contribution in [0.4, 0.5) is 19.0 Å². The monoisotopic (exact) mass is 326 g/mol. The van der Waals surface area contributed by atoms with Crippen molar-refractivity contribution in [3.8, 4) is 0 Å². The number of hydrogen-bond donors (Lipinski definition) is 0. The van der Waals surface area contributed by atoms with E-state index < -0.39 is 11.7 Å². The molecule has 0 fully saturated rings. The molecule has 0 saturated heterocycles. The van der Waals surface area contributed by atoms with Crippen LogP contribution in [0.1, 0.15) is 5.56 Å². The van der Waals surface area contributed by atoms with E-state index in [1.807, 2.05) is 0 Å². The van der Waals surface area contributed by atoms with Crippen LogP contribution in [0, 0.1) is 0 Å². The van der Waals surface area contributed by atoms with Gasteiger partial charge in [0.15, 0.2) is 0 Å². The zero-order valence-electron chi connectivity index (χ0n) is 10.0. The minimum Gasteiger partial charge on any atom is -0.383 e. The second-order valence-electron chi connectivity index (χ2n) is 3.81. The molecular weight excluding hydrogens is 313 g/mol. The van der Waals surface area contributed by atoms with Crippen molar-refractivity contribution in [3.63, 3.8) is 0 Å². The van der Waals surface area contributed by atoms with Crippen molar-refractivity contribution in [2.45, 2.75) is 11.0 Å². The Morgan fingerprint density at radius 1 is 1.50 bits per heavy atom. The normalized spacial score (nSPS) is 13.4. The van der Waals surface area contributed by atoms with Crippen molar-refractivity contribution >= 4 is 21.7 Å². The molecule has 18 heavy (non-hydrogen) atoms. The van der Waals surface area contributed by atoms with Crippen LogP contribution in [0.3, 0.4) is 0 Å². The summed E-state index contributed by atoms with van der Waals surface area (Å²) in [6.45, 7) is 0.784. The van der Waals surface area contributed by atoms with Crippen molar-refractivity contribution in [3.05, 3.63) is 23.9 Å². The maximum absolute atomic E-state index is 12.8. The number of rotatable bonds is 5. The number of ether oxygens (including phenoxy) is 1. The predicted octanol–water partition coefficient (Wildman–Crippen LogP) is 2.95. The molecule has 1 atom stereocenters. The van der Waals surface area contributed by atoms with Gasteiger partial charge in [-0.3, -0.25) is 0 Å². The van der Waals surface area contributed by atoms with Gasteiger partial charge in [-0.1, -0.05) is 15.9 Å². The fourth-order valence-electron chi connectivity index (χ4n) is 1.54. The summed E-state index contributed by atoms with van der Waals surface area (Å²) in [7, 11) is 3.11. The van der Waals surface area contributed by atoms with E-state index in [-0.39, 0.29) is 10.6 Å². The van der Waals surface area contributed by atoms with Gasteiger partial charge in [0.1, 0.15) is 5.82 Å². The highest BCUT2D eigenvalue weighted by atomic mass is 79.9. The van der Waals surface area contributed by atoms with Gasteiger partial charge in [-0.05, 0) is 12.1 Å². The molecule has 1 heterocycles. The highest BCUT2D eigenvalue weighted by molar-refractivity contribution is 9.09. The van der Waals surface area contributed by atoms with E-state index in [2.05, 4.69) is 20.9 Å². The van der Waals surface area contributed by atoms with Crippen molar-refractivity contribution in [1.82, 2.24) is 4.98 Å². The van der Waals surface area contributed by atoms with Gasteiger partial charge in [0.25, 0.3) is 0 Å². The standard InChI is InChI=1S/C11H14BrF3N2O/c1-17(6-8(12)7-18-2)10-9(11(13,14)15)4-3-5-16-10/h3-5,8H,6-7H2,1-2H3. The summed E-state index contributed by atoms with van der Waals surface area (Å²) < 4.78 is 43.3. The zero-order valence-corrected chi connectivity index (χ0v) is 11.6. The third kappa shape index (κ3) is 4.13. The Morgan fingerprint density at radius 3 is 2.72 bits per heavy atom. The fourth-order valence-corrected chi connectivity index (χ4v) is 2.24. The minimum absolute atomic E-state index is 0.0596. The molecule has 1 aromatic heterocycles. The quantitative estimate of drug-likeness (QED) is 0.778. The number of hydrogen-bond acceptors (Lipinski definition) is 3. The Bertz CT molecular complexity index is 387. The largest absolute Gasteiger partial charge is 0.419 e. The van der Waals surface area contributed by atoms with E-state index >= 15 is 0 Å². The lowest BCUT2D eigenvalue weighted by Gasteiger charge is -2.24. The molecule has 0 aliphatic carbocycles. The minimum atomic E-state index is -4.40. The lowest BCUT2D eigenvalue weighted by atomic mass is 10.2. The Morgan fingerprint density at radius 2 is 2.17 bits per heavy atom. The van der Waals surface area contributed by atoms with E-state index in [4.69, 9.17) is 4.74 Å². The van der Waals surface area contributed by atoms with Gasteiger partial charge in [-0.25, -0.2) is 4.98 Å². The van der Waals surface area contributed by atoms with Gasteiger partial charge in [0.05, 0.1) is 17.0 Å². The molecule has 102 valence electrons. The van der Waals surface area contributed by atoms with Crippen LogP contribution in [0.5, 0.6) is 0 Å². The second-order valence-corrected chi connectivity index (χ2v) is 5.10. The first kappa shape index (κ1) is 15.2. The van der Waals surface area contributed by atoms with Crippen molar-refractivity contribution in [2.24, 2.45) is 0 Å². The number of nitrogens with zero attached hydrogens (tertiary/aromatic N) is 2. The Kier molecular flexibility index (Phi) is 5.40. The molecule has 0 spiro atoms. The molecule has 0 N–H and O–H groups in total. The maximum Gasteiger partial charge on any atom is 0.419 e. The third-order valence-electron chi connectivity index (χ3n) is 2.27. The molecule has 7 heteroatoms. The number of methoxy groups -OCH3 is 1. The highest BCUT2D eigenvalue weighted by Crippen LogP contribution is 2.34. The van der Waals surface area contributed by atoms with Crippen LogP contribution < -0.4 is 4.90 Å². The van der Waals surface area contributed by atoms with Crippen molar-refractivity contribution < 1.29 is 17.9 Å². The van der Waals surface area contributed by atoms with Crippen LogP contribution in [0.25, 0.3) is 0 Å². The first-order valence-corrected chi connectivity index (χ1v) is 6.14. The van der Waals surface area contributed by atoms with E-state index in [0.717, 1.165) is 6.07 Å². The summed E-state index contributed by atoms with van der Waals surface area (Å²) in [6.07, 6.45) is -3.05. The molecule has 0 saturated carbocycles. The molecule has 1 aromatic rings. The van der Waals surface area contributed by atoms with Crippen LogP contribution in [-0.4, -0.2) is 37.1 Å². The zero-order chi connectivity index (χ0) is 13.8. The predicted molar refractivity (Wildman–Crippen MR) is 67.1 cm³/mol. The molecule has 0 aromatic carbocycles. The SMILES string of the molecule is COCC(Br)CN(C)c1ncccc1C(F)(F)F. The van der Waals surface area contributed by atoms with E-state index in [1.54, 1.807) is 7.05 Å². The topological polar surface area (TPSA) is 25.4 Å². The third-order valence-corrected chi connectivity index (χ3v) is 2.83. The van der Waals surface area contributed by atoms with Gasteiger partial charge in [-0.15, -0.1) is 0 Å². The summed E-state index contributed by atoms with van der Waals surface area (Å²) >= 11 is 3.34. The maximum atomic E-state index is 12.8. The average molecular weight is 327 g/mol. The number of aromatic nitrogens is 1. The molecule has 1 unspecified atom stereocenters. The summed E-state index contributed by atoms with van der Waals surface area (Å²) in [5, 5.41) is 0. The summed E-state index contributed by atoms with van der Waals surface area (Å²) in [5.74, 6) is -0.0782. The van der Waals surface area contributed by atoms with Crippen LogP contribution in [0.2, 0.25) is 0 Å². The van der Waals surface area contributed by atoms with Crippen LogP contribution in [-0.2, 0) is 10.9 Å². The van der Waals surface area contributed by atoms with E-state index in [0.29, 0.717) is 13.2 Å². The number of halogens is 4. The number of alkyl halides is 4. The Hall–Kier alpha value is -0.820. The molecule has 0 bridgehead atoms. The summed E-state index contributed by atoms with van der Waals surface area (Å²) in [6, 6.07) is 2.30. The molecule has 0 amide bonds. The Labute approximate surface area is 112 Å². The molecule has 3 nitrogen and oxygen atoms in total. The van der Waals surface area contributed by atoms with Crippen LogP contribution in [0.15, 0.2) is 18.3 Å². The summed E-state index contributed by atoms with van der Waals surface area (Å²) in [4.78, 5) is 5.20. The first-order chi connectivity index (χ1) is 8.36. The van der Waals surface area contributed by atoms with Gasteiger partial charge in [-0.2, -0.15) is 13.2 Å². The van der Waals surface area contributed by atoms with Crippen molar-refractivity contribution in [2.75, 3.05) is 32.2 Å². The fraction of sp³-hybridized carbons (Fsp3) is 0.545. The molecular formula is C11H14BrF3N2O. The highest BCUT2D eigenvalue weighted by Gasteiger charge is 2.35. The molecule has 1 rings (SSSR count). The smallest absolute Gasteiger partial charge is 0.383 e. The van der Waals surface area contributed by atoms with Gasteiger partial charge >= 0.3 is 6.18 Å². The van der Waals surface area contributed by atoms with E-state index in [9.17, 15) is 13.2 Å². The second kappa shape index (κ2) is 6.38. The van der Waals surface area contributed by atoms with Gasteiger partial charge in [0.2, 0.25) is 0 Å². The lowest BCUT2D eigenvalue weighted by Crippen LogP contribution is -2.30. The average Bonchev–Trinajstić information content (AvgIpc) is 2.28. The number of anilines is 1. The lowest BCUT2D eigenvalue weighted by molar-refractivity contribution is -0.137. The van der Waals surface area contributed by atoms with E-state index in [1.165, 1.54) is 24.3 Å². The summed E-state index contributed by atoms with van der Waals surface area (Å²) in [5.41, 5.74) is -0.732. The Balaban J connectivity index is 2.89. The molecule has 0 aliphatic rings. The van der Waals surface area contributed by atoms with Gasteiger partial charge in [0, 0.05) is 26.9 Å². The molecule has 0 radical (unpaired) electrons.